The van der Waals surface area contributed by atoms with Crippen molar-refractivity contribution in [2.45, 2.75) is 25.8 Å². The van der Waals surface area contributed by atoms with Crippen molar-refractivity contribution in [2.24, 2.45) is 0 Å². The van der Waals surface area contributed by atoms with Crippen molar-refractivity contribution in [2.75, 3.05) is 20.8 Å². The first kappa shape index (κ1) is 19.2. The van der Waals surface area contributed by atoms with Crippen molar-refractivity contribution in [3.05, 3.63) is 46.5 Å². The Bertz CT molecular complexity index is 749. The summed E-state index contributed by atoms with van der Waals surface area (Å²) in [6.07, 6.45) is 2.42. The van der Waals surface area contributed by atoms with Crippen LogP contribution in [0.3, 0.4) is 0 Å². The summed E-state index contributed by atoms with van der Waals surface area (Å²) in [5.41, 5.74) is 4.44. The van der Waals surface area contributed by atoms with E-state index in [4.69, 9.17) is 9.47 Å². The van der Waals surface area contributed by atoms with Crippen LogP contribution >= 0.6 is 12.4 Å². The van der Waals surface area contributed by atoms with Crippen LogP contribution in [0.2, 0.25) is 0 Å². The molecule has 0 aliphatic carbocycles. The second-order valence-corrected chi connectivity index (χ2v) is 5.98. The van der Waals surface area contributed by atoms with Gasteiger partial charge < -0.3 is 25.0 Å². The molecule has 0 saturated heterocycles. The fourth-order valence-corrected chi connectivity index (χ4v) is 3.29. The van der Waals surface area contributed by atoms with Gasteiger partial charge in [-0.15, -0.1) is 12.4 Å². The third-order valence-corrected chi connectivity index (χ3v) is 4.58. The molecule has 0 radical (unpaired) electrons. The van der Waals surface area contributed by atoms with Crippen molar-refractivity contribution < 1.29 is 19.7 Å². The number of benzene rings is 2. The highest BCUT2D eigenvalue weighted by atomic mass is 35.5. The van der Waals surface area contributed by atoms with E-state index in [0.29, 0.717) is 6.54 Å². The average Bonchev–Trinajstić information content (AvgIpc) is 2.59. The molecule has 0 amide bonds. The van der Waals surface area contributed by atoms with Gasteiger partial charge in [0.15, 0.2) is 23.0 Å². The smallest absolute Gasteiger partial charge is 0.165 e. The lowest BCUT2D eigenvalue weighted by atomic mass is 9.93. The SMILES string of the molecule is COc1ccc2c(c1OC)CNCCc1cc(O)c(O)cc1CC2.Cl. The number of aromatic hydroxyl groups is 2. The van der Waals surface area contributed by atoms with Crippen LogP contribution in [-0.2, 0) is 25.8 Å². The zero-order valence-corrected chi connectivity index (χ0v) is 15.3. The summed E-state index contributed by atoms with van der Waals surface area (Å²) < 4.78 is 11.0. The van der Waals surface area contributed by atoms with E-state index in [2.05, 4.69) is 11.4 Å². The molecule has 3 rings (SSSR count). The maximum Gasteiger partial charge on any atom is 0.165 e. The summed E-state index contributed by atoms with van der Waals surface area (Å²) in [7, 11) is 3.30. The predicted octanol–water partition coefficient (Wildman–Crippen LogP) is 2.97. The summed E-state index contributed by atoms with van der Waals surface area (Å²) in [6, 6.07) is 7.34. The number of aryl methyl sites for hydroxylation is 2. The first-order valence-corrected chi connectivity index (χ1v) is 8.11. The molecule has 0 atom stereocenters. The van der Waals surface area contributed by atoms with E-state index in [-0.39, 0.29) is 23.9 Å². The van der Waals surface area contributed by atoms with Gasteiger partial charge in [0.2, 0.25) is 0 Å². The lowest BCUT2D eigenvalue weighted by Crippen LogP contribution is -2.20. The van der Waals surface area contributed by atoms with E-state index < -0.39 is 0 Å². The van der Waals surface area contributed by atoms with E-state index in [1.807, 2.05) is 6.07 Å². The van der Waals surface area contributed by atoms with Crippen LogP contribution in [0, 0.1) is 0 Å². The van der Waals surface area contributed by atoms with Crippen LogP contribution in [0.15, 0.2) is 24.3 Å². The van der Waals surface area contributed by atoms with Crippen LogP contribution in [0.4, 0.5) is 0 Å². The molecule has 1 aliphatic rings. The molecule has 136 valence electrons. The molecule has 2 aromatic carbocycles. The molecule has 0 unspecified atom stereocenters. The number of ether oxygens (including phenoxy) is 2. The van der Waals surface area contributed by atoms with Crippen molar-refractivity contribution in [3.8, 4) is 23.0 Å². The minimum Gasteiger partial charge on any atom is -0.504 e. The summed E-state index contributed by atoms with van der Waals surface area (Å²) in [5, 5.41) is 23.0. The topological polar surface area (TPSA) is 71.0 Å². The average molecular weight is 366 g/mol. The van der Waals surface area contributed by atoms with Gasteiger partial charge in [-0.3, -0.25) is 0 Å². The maximum atomic E-state index is 9.81. The Balaban J connectivity index is 0.00000225. The summed E-state index contributed by atoms with van der Waals surface area (Å²) in [6.45, 7) is 1.48. The van der Waals surface area contributed by atoms with Crippen LogP contribution in [-0.4, -0.2) is 31.0 Å². The summed E-state index contributed by atoms with van der Waals surface area (Å²) in [4.78, 5) is 0. The Morgan fingerprint density at radius 1 is 0.880 bits per heavy atom. The third-order valence-electron chi connectivity index (χ3n) is 4.58. The molecule has 25 heavy (non-hydrogen) atoms. The second-order valence-electron chi connectivity index (χ2n) is 5.98. The first-order valence-electron chi connectivity index (χ1n) is 8.11. The zero-order valence-electron chi connectivity index (χ0n) is 14.5. The number of methoxy groups -OCH3 is 2. The quantitative estimate of drug-likeness (QED) is 0.714. The van der Waals surface area contributed by atoms with E-state index in [0.717, 1.165) is 54.0 Å². The molecule has 0 spiro atoms. The summed E-state index contributed by atoms with van der Waals surface area (Å²) in [5.74, 6) is 1.39. The Kier molecular flexibility index (Phi) is 6.39. The number of nitrogens with one attached hydrogen (secondary N) is 1. The molecule has 0 bridgehead atoms. The van der Waals surface area contributed by atoms with Gasteiger partial charge in [-0.05, 0) is 60.7 Å². The molecular formula is C19H24ClNO4. The zero-order chi connectivity index (χ0) is 17.1. The van der Waals surface area contributed by atoms with Gasteiger partial charge in [0, 0.05) is 12.1 Å². The van der Waals surface area contributed by atoms with E-state index in [9.17, 15) is 10.2 Å². The fourth-order valence-electron chi connectivity index (χ4n) is 3.29. The first-order chi connectivity index (χ1) is 11.6. The standard InChI is InChI=1S/C19H23NO4.ClH/c1-23-18-6-5-12-3-4-13-9-16(21)17(22)10-14(13)7-8-20-11-15(12)19(18)24-2;/h5-6,9-10,20-22H,3-4,7-8,11H2,1-2H3;1H. The van der Waals surface area contributed by atoms with Crippen molar-refractivity contribution in [1.82, 2.24) is 5.32 Å². The normalized spacial score (nSPS) is 13.8. The molecule has 0 fully saturated rings. The van der Waals surface area contributed by atoms with Crippen molar-refractivity contribution in [3.63, 3.8) is 0 Å². The van der Waals surface area contributed by atoms with Crippen LogP contribution in [0.25, 0.3) is 0 Å². The molecule has 0 saturated carbocycles. The fraction of sp³-hybridized carbons (Fsp3) is 0.368. The maximum absolute atomic E-state index is 9.81. The van der Waals surface area contributed by atoms with Crippen molar-refractivity contribution in [1.29, 1.82) is 0 Å². The molecule has 1 heterocycles. The van der Waals surface area contributed by atoms with Gasteiger partial charge in [0.1, 0.15) is 0 Å². The van der Waals surface area contributed by atoms with E-state index in [1.165, 1.54) is 5.56 Å². The van der Waals surface area contributed by atoms with Crippen LogP contribution in [0.5, 0.6) is 23.0 Å². The number of hydrogen-bond acceptors (Lipinski definition) is 5. The van der Waals surface area contributed by atoms with Gasteiger partial charge in [0.05, 0.1) is 14.2 Å². The number of phenols is 2. The van der Waals surface area contributed by atoms with Gasteiger partial charge in [0.25, 0.3) is 0 Å². The molecule has 1 aliphatic heterocycles. The lowest BCUT2D eigenvalue weighted by molar-refractivity contribution is 0.350. The molecule has 5 nitrogen and oxygen atoms in total. The Morgan fingerprint density at radius 3 is 2.16 bits per heavy atom. The third kappa shape index (κ3) is 3.94. The highest BCUT2D eigenvalue weighted by molar-refractivity contribution is 5.85. The molecular weight excluding hydrogens is 342 g/mol. The monoisotopic (exact) mass is 365 g/mol. The Morgan fingerprint density at radius 2 is 1.52 bits per heavy atom. The van der Waals surface area contributed by atoms with Gasteiger partial charge in [-0.25, -0.2) is 0 Å². The molecule has 3 N–H and O–H groups in total. The number of rotatable bonds is 2. The molecule has 0 aromatic heterocycles. The summed E-state index contributed by atoms with van der Waals surface area (Å²) >= 11 is 0. The number of fused-ring (bicyclic) bond motifs is 2. The van der Waals surface area contributed by atoms with Crippen LogP contribution in [0.1, 0.15) is 22.3 Å². The van der Waals surface area contributed by atoms with Gasteiger partial charge in [-0.1, -0.05) is 6.07 Å². The van der Waals surface area contributed by atoms with Crippen LogP contribution < -0.4 is 14.8 Å². The largest absolute Gasteiger partial charge is 0.504 e. The Labute approximate surface area is 154 Å². The van der Waals surface area contributed by atoms with E-state index in [1.54, 1.807) is 26.4 Å². The minimum absolute atomic E-state index is 0. The number of phenolic OH excluding ortho intramolecular Hbond substituents is 2. The highest BCUT2D eigenvalue weighted by Gasteiger charge is 2.17. The predicted molar refractivity (Wildman–Crippen MR) is 99.4 cm³/mol. The number of hydrogen-bond donors (Lipinski definition) is 3. The minimum atomic E-state index is -0.0636. The molecule has 2 aromatic rings. The molecule has 6 heteroatoms. The Hall–Kier alpha value is -2.11. The van der Waals surface area contributed by atoms with Gasteiger partial charge in [-0.2, -0.15) is 0 Å². The number of halogens is 1. The van der Waals surface area contributed by atoms with Gasteiger partial charge >= 0.3 is 0 Å². The van der Waals surface area contributed by atoms with E-state index >= 15 is 0 Å². The lowest BCUT2D eigenvalue weighted by Gasteiger charge is -2.20. The second kappa shape index (κ2) is 8.32. The van der Waals surface area contributed by atoms with Crippen molar-refractivity contribution >= 4 is 12.4 Å². The highest BCUT2D eigenvalue weighted by Crippen LogP contribution is 2.35.